The maximum Gasteiger partial charge on any atom is 0.340 e. The van der Waals surface area contributed by atoms with Crippen LogP contribution in [0.2, 0.25) is 0 Å². The van der Waals surface area contributed by atoms with Gasteiger partial charge in [0.1, 0.15) is 5.58 Å². The zero-order valence-electron chi connectivity index (χ0n) is 19.8. The lowest BCUT2D eigenvalue weighted by Crippen LogP contribution is -2.20. The second kappa shape index (κ2) is 9.38. The van der Waals surface area contributed by atoms with Gasteiger partial charge in [0, 0.05) is 5.39 Å². The average molecular weight is 492 g/mol. The van der Waals surface area contributed by atoms with E-state index in [2.05, 4.69) is 4.72 Å². The third kappa shape index (κ3) is 4.83. The molecule has 8 heteroatoms. The van der Waals surface area contributed by atoms with Crippen molar-refractivity contribution in [3.05, 3.63) is 94.2 Å². The third-order valence-corrected chi connectivity index (χ3v) is 7.63. The Kier molecular flexibility index (Phi) is 6.49. The Hall–Kier alpha value is -3.91. The van der Waals surface area contributed by atoms with E-state index in [1.807, 2.05) is 32.0 Å². The smallest absolute Gasteiger partial charge is 0.340 e. The van der Waals surface area contributed by atoms with E-state index < -0.39 is 28.4 Å². The van der Waals surface area contributed by atoms with Crippen LogP contribution in [0.3, 0.4) is 0 Å². The number of esters is 1. The molecule has 7 nitrogen and oxygen atoms in total. The SMILES string of the molecule is Cc1cc(C)c(C)c(S(=O)(=O)Nc2ccccc2C(=O)OCC(=O)c2cc3ccccc3o2)c1C. The van der Waals surface area contributed by atoms with Crippen LogP contribution in [0.25, 0.3) is 11.0 Å². The second-order valence-corrected chi connectivity index (χ2v) is 10.0. The van der Waals surface area contributed by atoms with Gasteiger partial charge >= 0.3 is 5.97 Å². The summed E-state index contributed by atoms with van der Waals surface area (Å²) in [6.07, 6.45) is 0. The normalized spacial score (nSPS) is 11.4. The monoisotopic (exact) mass is 491 g/mol. The molecule has 1 heterocycles. The van der Waals surface area contributed by atoms with Gasteiger partial charge in [-0.25, -0.2) is 13.2 Å². The van der Waals surface area contributed by atoms with Gasteiger partial charge in [0.15, 0.2) is 12.4 Å². The van der Waals surface area contributed by atoms with Crippen LogP contribution in [0.4, 0.5) is 5.69 Å². The number of anilines is 1. The van der Waals surface area contributed by atoms with Gasteiger partial charge in [-0.3, -0.25) is 9.52 Å². The van der Waals surface area contributed by atoms with Gasteiger partial charge in [-0.15, -0.1) is 0 Å². The van der Waals surface area contributed by atoms with Crippen molar-refractivity contribution in [3.63, 3.8) is 0 Å². The van der Waals surface area contributed by atoms with Crippen molar-refractivity contribution in [1.29, 1.82) is 0 Å². The molecule has 1 aromatic heterocycles. The van der Waals surface area contributed by atoms with Gasteiger partial charge in [0.05, 0.1) is 16.1 Å². The number of ether oxygens (including phenoxy) is 1. The van der Waals surface area contributed by atoms with Crippen LogP contribution in [-0.2, 0) is 14.8 Å². The number of furan rings is 1. The lowest BCUT2D eigenvalue weighted by molar-refractivity contribution is 0.0469. The summed E-state index contributed by atoms with van der Waals surface area (Å²) in [5.41, 5.74) is 3.59. The molecule has 3 aromatic carbocycles. The first-order chi connectivity index (χ1) is 16.6. The number of benzene rings is 3. The van der Waals surface area contributed by atoms with Crippen LogP contribution >= 0.6 is 0 Å². The molecule has 4 rings (SSSR count). The summed E-state index contributed by atoms with van der Waals surface area (Å²) < 4.78 is 39.9. The Bertz CT molecular complexity index is 1510. The van der Waals surface area contributed by atoms with Gasteiger partial charge in [-0.1, -0.05) is 36.4 Å². The average Bonchev–Trinajstić information content (AvgIpc) is 3.25. The second-order valence-electron chi connectivity index (χ2n) is 8.39. The first-order valence-electron chi connectivity index (χ1n) is 11.0. The molecule has 0 amide bonds. The zero-order valence-corrected chi connectivity index (χ0v) is 20.7. The van der Waals surface area contributed by atoms with Crippen molar-refractivity contribution in [1.82, 2.24) is 0 Å². The van der Waals surface area contributed by atoms with E-state index in [1.54, 1.807) is 44.2 Å². The minimum Gasteiger partial charge on any atom is -0.453 e. The number of hydrogen-bond acceptors (Lipinski definition) is 6. The highest BCUT2D eigenvalue weighted by Gasteiger charge is 2.25. The molecular weight excluding hydrogens is 466 g/mol. The molecule has 4 aromatic rings. The van der Waals surface area contributed by atoms with Crippen LogP contribution in [-0.4, -0.2) is 26.8 Å². The van der Waals surface area contributed by atoms with Crippen molar-refractivity contribution in [2.45, 2.75) is 32.6 Å². The number of nitrogens with one attached hydrogen (secondary N) is 1. The van der Waals surface area contributed by atoms with Gasteiger partial charge in [-0.2, -0.15) is 0 Å². The summed E-state index contributed by atoms with van der Waals surface area (Å²) in [4.78, 5) is 25.5. The fraction of sp³-hybridized carbons (Fsp3) is 0.185. The summed E-state index contributed by atoms with van der Waals surface area (Å²) in [7, 11) is -4.00. The molecule has 0 saturated heterocycles. The summed E-state index contributed by atoms with van der Waals surface area (Å²) in [6.45, 7) is 6.66. The number of aryl methyl sites for hydroxylation is 2. The number of carbonyl (C=O) groups excluding carboxylic acids is 2. The highest BCUT2D eigenvalue weighted by molar-refractivity contribution is 7.92. The molecule has 1 N–H and O–H groups in total. The molecular formula is C27H25NO6S. The first kappa shape index (κ1) is 24.2. The van der Waals surface area contributed by atoms with Crippen LogP contribution < -0.4 is 4.72 Å². The molecule has 0 fully saturated rings. The molecule has 0 atom stereocenters. The molecule has 0 radical (unpaired) electrons. The van der Waals surface area contributed by atoms with Crippen LogP contribution in [0.1, 0.15) is 43.2 Å². The van der Waals surface area contributed by atoms with Gasteiger partial charge in [0.2, 0.25) is 5.78 Å². The van der Waals surface area contributed by atoms with E-state index >= 15 is 0 Å². The highest BCUT2D eigenvalue weighted by Crippen LogP contribution is 2.29. The Balaban J connectivity index is 1.55. The van der Waals surface area contributed by atoms with Gasteiger partial charge in [0.25, 0.3) is 10.0 Å². The largest absolute Gasteiger partial charge is 0.453 e. The maximum absolute atomic E-state index is 13.3. The van der Waals surface area contributed by atoms with Crippen molar-refractivity contribution < 1.29 is 27.2 Å². The minimum absolute atomic E-state index is 0.00633. The van der Waals surface area contributed by atoms with E-state index in [1.165, 1.54) is 12.1 Å². The van der Waals surface area contributed by atoms with E-state index in [0.717, 1.165) is 16.5 Å². The molecule has 35 heavy (non-hydrogen) atoms. The molecule has 0 aliphatic carbocycles. The molecule has 0 saturated carbocycles. The topological polar surface area (TPSA) is 103 Å². The highest BCUT2D eigenvalue weighted by atomic mass is 32.2. The molecule has 0 unspecified atom stereocenters. The number of fused-ring (bicyclic) bond motifs is 1. The molecule has 0 bridgehead atoms. The third-order valence-electron chi connectivity index (χ3n) is 5.99. The predicted molar refractivity (Wildman–Crippen MR) is 133 cm³/mol. The number of carbonyl (C=O) groups is 2. The van der Waals surface area contributed by atoms with Crippen molar-refractivity contribution >= 4 is 38.4 Å². The van der Waals surface area contributed by atoms with Gasteiger partial charge < -0.3 is 9.15 Å². The number of sulfonamides is 1. The van der Waals surface area contributed by atoms with E-state index in [-0.39, 0.29) is 21.9 Å². The Morgan fingerprint density at radius 1 is 0.886 bits per heavy atom. The van der Waals surface area contributed by atoms with Gasteiger partial charge in [-0.05, 0) is 74.2 Å². The van der Waals surface area contributed by atoms with E-state index in [9.17, 15) is 18.0 Å². The summed E-state index contributed by atoms with van der Waals surface area (Å²) in [5.74, 6) is -1.26. The first-order valence-corrected chi connectivity index (χ1v) is 12.4. The van der Waals surface area contributed by atoms with Crippen molar-refractivity contribution in [3.8, 4) is 0 Å². The fourth-order valence-corrected chi connectivity index (χ4v) is 5.63. The van der Waals surface area contributed by atoms with Crippen LogP contribution in [0.5, 0.6) is 0 Å². The summed E-state index contributed by atoms with van der Waals surface area (Å²) in [5, 5.41) is 0.763. The Morgan fingerprint density at radius 2 is 1.51 bits per heavy atom. The quantitative estimate of drug-likeness (QED) is 0.270. The standard InChI is InChI=1S/C27H25NO6S/c1-16-13-17(2)19(4)26(18(16)3)35(31,32)28-22-11-7-6-10-21(22)27(30)33-15-23(29)25-14-20-9-5-8-12-24(20)34-25/h5-14,28H,15H2,1-4H3. The zero-order chi connectivity index (χ0) is 25.3. The Morgan fingerprint density at radius 3 is 2.20 bits per heavy atom. The summed E-state index contributed by atoms with van der Waals surface area (Å²) >= 11 is 0. The molecule has 180 valence electrons. The number of para-hydroxylation sites is 2. The maximum atomic E-state index is 13.3. The summed E-state index contributed by atoms with van der Waals surface area (Å²) in [6, 6.07) is 16.8. The number of rotatable bonds is 7. The van der Waals surface area contributed by atoms with Crippen LogP contribution in [0.15, 0.2) is 70.0 Å². The van der Waals surface area contributed by atoms with E-state index in [4.69, 9.17) is 9.15 Å². The van der Waals surface area contributed by atoms with E-state index in [0.29, 0.717) is 16.7 Å². The lowest BCUT2D eigenvalue weighted by Gasteiger charge is -2.18. The molecule has 0 aliphatic heterocycles. The predicted octanol–water partition coefficient (Wildman–Crippen LogP) is 5.51. The Labute approximate surface area is 203 Å². The number of ketones is 1. The number of Topliss-reactive ketones (excluding diaryl/α,β-unsaturated/α-hetero) is 1. The van der Waals surface area contributed by atoms with Crippen molar-refractivity contribution in [2.24, 2.45) is 0 Å². The van der Waals surface area contributed by atoms with Crippen LogP contribution in [0, 0.1) is 27.7 Å². The fourth-order valence-electron chi connectivity index (χ4n) is 3.93. The molecule has 0 aliphatic rings. The minimum atomic E-state index is -4.00. The lowest BCUT2D eigenvalue weighted by atomic mass is 10.0. The number of hydrogen-bond donors (Lipinski definition) is 1. The molecule has 0 spiro atoms. The van der Waals surface area contributed by atoms with Crippen molar-refractivity contribution in [2.75, 3.05) is 11.3 Å².